The normalized spacial score (nSPS) is 13.9. The summed E-state index contributed by atoms with van der Waals surface area (Å²) in [5.41, 5.74) is 3.42. The average molecular weight is 480 g/mol. The smallest absolute Gasteiger partial charge is 0.253 e. The van der Waals surface area contributed by atoms with Crippen LogP contribution in [-0.2, 0) is 6.54 Å². The maximum absolute atomic E-state index is 13.6. The van der Waals surface area contributed by atoms with Crippen molar-refractivity contribution in [3.8, 4) is 0 Å². The van der Waals surface area contributed by atoms with Gasteiger partial charge in [0.05, 0.1) is 11.0 Å². The predicted octanol–water partition coefficient (Wildman–Crippen LogP) is 6.21. The van der Waals surface area contributed by atoms with Crippen molar-refractivity contribution in [1.29, 1.82) is 0 Å². The van der Waals surface area contributed by atoms with Crippen LogP contribution in [0, 0.1) is 11.8 Å². The number of benzene rings is 1. The molecule has 1 heterocycles. The molecule has 35 heavy (non-hydrogen) atoms. The monoisotopic (exact) mass is 479 g/mol. The quantitative estimate of drug-likeness (QED) is 0.235. The second-order valence-corrected chi connectivity index (χ2v) is 10.7. The van der Waals surface area contributed by atoms with E-state index in [1.54, 1.807) is 0 Å². The summed E-state index contributed by atoms with van der Waals surface area (Å²) in [5.74, 6) is 2.02. The maximum Gasteiger partial charge on any atom is 0.253 e. The number of aromatic nitrogens is 2. The molecule has 1 saturated carbocycles. The van der Waals surface area contributed by atoms with Crippen LogP contribution in [0.15, 0.2) is 42.6 Å². The Morgan fingerprint density at radius 3 is 2.49 bits per heavy atom. The molecule has 0 radical (unpaired) electrons. The molecule has 1 amide bonds. The van der Waals surface area contributed by atoms with Crippen LogP contribution < -0.4 is 10.6 Å². The first kappa shape index (κ1) is 27.0. The minimum absolute atomic E-state index is 0.115. The number of hydrogen-bond acceptors (Lipinski definition) is 4. The van der Waals surface area contributed by atoms with Gasteiger partial charge in [-0.2, -0.15) is 0 Å². The molecule has 192 valence electrons. The topological polar surface area (TPSA) is 62.2 Å². The third-order valence-electron chi connectivity index (χ3n) is 6.44. The number of nitrogens with one attached hydrogen (secondary N) is 2. The summed E-state index contributed by atoms with van der Waals surface area (Å²) in [4.78, 5) is 20.5. The summed E-state index contributed by atoms with van der Waals surface area (Å²) >= 11 is 0. The molecule has 2 aromatic rings. The molecule has 1 aromatic heterocycles. The number of nitrogens with zero attached hydrogens (tertiary/aromatic N) is 3. The second kappa shape index (κ2) is 12.9. The van der Waals surface area contributed by atoms with Gasteiger partial charge in [-0.25, -0.2) is 4.98 Å². The summed E-state index contributed by atoms with van der Waals surface area (Å²) in [5, 5.41) is 6.95. The van der Waals surface area contributed by atoms with Gasteiger partial charge >= 0.3 is 0 Å². The van der Waals surface area contributed by atoms with Gasteiger partial charge < -0.3 is 20.1 Å². The molecule has 1 aromatic carbocycles. The molecule has 2 N–H and O–H groups in total. The van der Waals surface area contributed by atoms with Crippen molar-refractivity contribution in [2.75, 3.05) is 25.0 Å². The van der Waals surface area contributed by atoms with Gasteiger partial charge in [0.2, 0.25) is 5.95 Å². The van der Waals surface area contributed by atoms with Gasteiger partial charge in [-0.3, -0.25) is 4.79 Å². The molecule has 0 unspecified atom stereocenters. The van der Waals surface area contributed by atoms with E-state index in [1.807, 2.05) is 42.2 Å². The highest BCUT2D eigenvalue weighted by Crippen LogP contribution is 2.24. The summed E-state index contributed by atoms with van der Waals surface area (Å²) in [6.07, 6.45) is 9.51. The lowest BCUT2D eigenvalue weighted by atomic mass is 10.1. The van der Waals surface area contributed by atoms with Gasteiger partial charge in [0.25, 0.3) is 5.91 Å². The number of fused-ring (bicyclic) bond motifs is 1. The number of amides is 1. The average Bonchev–Trinajstić information content (AvgIpc) is 3.57. The van der Waals surface area contributed by atoms with E-state index in [4.69, 9.17) is 4.98 Å². The maximum atomic E-state index is 13.6. The lowest BCUT2D eigenvalue weighted by Crippen LogP contribution is -2.34. The first-order valence-electron chi connectivity index (χ1n) is 13.4. The molecule has 6 heteroatoms. The molecule has 0 aliphatic heterocycles. The van der Waals surface area contributed by atoms with E-state index < -0.39 is 0 Å². The Morgan fingerprint density at radius 2 is 1.89 bits per heavy atom. The lowest BCUT2D eigenvalue weighted by Gasteiger charge is -2.24. The second-order valence-electron chi connectivity index (χ2n) is 10.7. The molecular formula is C29H45N5O. The Balaban J connectivity index is 1.86. The molecule has 1 fully saturated rings. The van der Waals surface area contributed by atoms with E-state index in [0.29, 0.717) is 17.9 Å². The van der Waals surface area contributed by atoms with Gasteiger partial charge in [-0.05, 0) is 81.7 Å². The van der Waals surface area contributed by atoms with Gasteiger partial charge in [-0.1, -0.05) is 40.3 Å². The van der Waals surface area contributed by atoms with Crippen molar-refractivity contribution in [2.24, 2.45) is 11.8 Å². The predicted molar refractivity (Wildman–Crippen MR) is 148 cm³/mol. The Labute approximate surface area is 211 Å². The fourth-order valence-electron chi connectivity index (χ4n) is 4.12. The number of anilines is 1. The Kier molecular flexibility index (Phi) is 9.96. The Hall–Kier alpha value is -2.60. The van der Waals surface area contributed by atoms with Gasteiger partial charge in [0, 0.05) is 36.9 Å². The van der Waals surface area contributed by atoms with Crippen LogP contribution in [0.25, 0.3) is 11.0 Å². The lowest BCUT2D eigenvalue weighted by molar-refractivity contribution is 0.0741. The summed E-state index contributed by atoms with van der Waals surface area (Å²) in [6, 6.07) is 6.64. The standard InChI is InChI=1S/C29H45N5O/c1-7-9-23(6)31-29-32-26-13-10-24(20-27(26)34(29)17-8-16-30-25-11-12-25)28(35)33(18-14-21(2)3)19-15-22(4)5/h7,9-10,13,20-22,25,30H,6,8,11-12,14-19H2,1-5H3,(H,31,32)/b9-7-. The third-order valence-corrected chi connectivity index (χ3v) is 6.44. The van der Waals surface area contributed by atoms with Crippen molar-refractivity contribution in [2.45, 2.75) is 79.3 Å². The number of imidazole rings is 1. The molecule has 0 bridgehead atoms. The number of carbonyl (C=O) groups excluding carboxylic acids is 1. The fourth-order valence-corrected chi connectivity index (χ4v) is 4.12. The van der Waals surface area contributed by atoms with E-state index in [2.05, 4.69) is 49.5 Å². The minimum Gasteiger partial charge on any atom is -0.339 e. The van der Waals surface area contributed by atoms with Crippen LogP contribution in [0.5, 0.6) is 0 Å². The molecule has 0 atom stereocenters. The molecule has 1 aliphatic rings. The highest BCUT2D eigenvalue weighted by Gasteiger charge is 2.21. The van der Waals surface area contributed by atoms with Crippen LogP contribution >= 0.6 is 0 Å². The zero-order valence-corrected chi connectivity index (χ0v) is 22.4. The molecule has 1 aliphatic carbocycles. The molecule has 6 nitrogen and oxygen atoms in total. The van der Waals surface area contributed by atoms with Crippen LogP contribution in [0.3, 0.4) is 0 Å². The molecule has 0 spiro atoms. The van der Waals surface area contributed by atoms with Crippen molar-refractivity contribution < 1.29 is 4.79 Å². The molecular weight excluding hydrogens is 434 g/mol. The Morgan fingerprint density at radius 1 is 1.20 bits per heavy atom. The number of rotatable bonds is 15. The molecule has 3 rings (SSSR count). The van der Waals surface area contributed by atoms with Gasteiger partial charge in [0.15, 0.2) is 0 Å². The first-order chi connectivity index (χ1) is 16.8. The zero-order chi connectivity index (χ0) is 25.4. The van der Waals surface area contributed by atoms with E-state index in [1.165, 1.54) is 12.8 Å². The zero-order valence-electron chi connectivity index (χ0n) is 22.4. The van der Waals surface area contributed by atoms with Crippen molar-refractivity contribution in [3.63, 3.8) is 0 Å². The van der Waals surface area contributed by atoms with Crippen LogP contribution in [0.1, 0.15) is 77.1 Å². The highest BCUT2D eigenvalue weighted by molar-refractivity contribution is 5.97. The SMILES string of the molecule is C=C(/C=C\C)Nc1nc2ccc(C(=O)N(CCC(C)C)CCC(C)C)cc2n1CCCNC1CC1. The number of allylic oxidation sites excluding steroid dienone is 2. The number of hydrogen-bond donors (Lipinski definition) is 2. The van der Waals surface area contributed by atoms with Crippen LogP contribution in [0.4, 0.5) is 5.95 Å². The number of carbonyl (C=O) groups is 1. The van der Waals surface area contributed by atoms with Crippen LogP contribution in [0.2, 0.25) is 0 Å². The number of aryl methyl sites for hydroxylation is 1. The van der Waals surface area contributed by atoms with E-state index in [9.17, 15) is 4.79 Å². The van der Waals surface area contributed by atoms with E-state index in [0.717, 1.165) is 73.7 Å². The Bertz CT molecular complexity index is 1000. The largest absolute Gasteiger partial charge is 0.339 e. The van der Waals surface area contributed by atoms with Gasteiger partial charge in [0.1, 0.15) is 0 Å². The van der Waals surface area contributed by atoms with Gasteiger partial charge in [-0.15, -0.1) is 0 Å². The minimum atomic E-state index is 0.115. The van der Waals surface area contributed by atoms with Crippen molar-refractivity contribution in [1.82, 2.24) is 19.8 Å². The summed E-state index contributed by atoms with van der Waals surface area (Å²) < 4.78 is 2.20. The fraction of sp³-hybridized carbons (Fsp3) is 0.586. The van der Waals surface area contributed by atoms with Crippen molar-refractivity contribution >= 4 is 22.9 Å². The van der Waals surface area contributed by atoms with Crippen molar-refractivity contribution in [3.05, 3.63) is 48.2 Å². The molecule has 0 saturated heterocycles. The first-order valence-corrected chi connectivity index (χ1v) is 13.4. The van der Waals surface area contributed by atoms with Crippen LogP contribution in [-0.4, -0.2) is 46.0 Å². The summed E-state index contributed by atoms with van der Waals surface area (Å²) in [7, 11) is 0. The van der Waals surface area contributed by atoms with E-state index in [-0.39, 0.29) is 5.91 Å². The third kappa shape index (κ3) is 8.24. The highest BCUT2D eigenvalue weighted by atomic mass is 16.2. The summed E-state index contributed by atoms with van der Waals surface area (Å²) in [6.45, 7) is 18.3. The van der Waals surface area contributed by atoms with E-state index >= 15 is 0 Å².